The van der Waals surface area contributed by atoms with Crippen molar-refractivity contribution in [1.29, 1.82) is 0 Å². The van der Waals surface area contributed by atoms with E-state index >= 15 is 0 Å². The molecule has 0 fully saturated rings. The minimum Gasteiger partial charge on any atom is -0.354 e. The Hall–Kier alpha value is -3.27. The van der Waals surface area contributed by atoms with E-state index in [0.29, 0.717) is 11.3 Å². The Morgan fingerprint density at radius 3 is 3.00 bits per heavy atom. The van der Waals surface area contributed by atoms with Crippen LogP contribution < -0.4 is 15.9 Å². The second-order valence-corrected chi connectivity index (χ2v) is 8.26. The highest BCUT2D eigenvalue weighted by atomic mass is 32.1. The van der Waals surface area contributed by atoms with Crippen molar-refractivity contribution in [1.82, 2.24) is 29.5 Å². The van der Waals surface area contributed by atoms with Crippen LogP contribution in [0.5, 0.6) is 0 Å². The molecule has 9 nitrogen and oxygen atoms in total. The number of carbonyl (C=O) groups is 1. The van der Waals surface area contributed by atoms with Gasteiger partial charge >= 0.3 is 5.69 Å². The number of thiazole rings is 1. The van der Waals surface area contributed by atoms with E-state index in [2.05, 4.69) is 26.4 Å². The Kier molecular flexibility index (Phi) is 4.09. The predicted molar refractivity (Wildman–Crippen MR) is 110 cm³/mol. The first-order valence-electron chi connectivity index (χ1n) is 9.30. The quantitative estimate of drug-likeness (QED) is 0.547. The molecular weight excluding hydrogens is 390 g/mol. The van der Waals surface area contributed by atoms with Crippen LogP contribution in [0.4, 0.5) is 5.13 Å². The summed E-state index contributed by atoms with van der Waals surface area (Å²) in [6, 6.07) is 8.09. The third-order valence-corrected chi connectivity index (χ3v) is 6.32. The van der Waals surface area contributed by atoms with Crippen molar-refractivity contribution in [3.05, 3.63) is 52.2 Å². The number of nitrogens with zero attached hydrogens (tertiary/aromatic N) is 6. The molecule has 0 bridgehead atoms. The van der Waals surface area contributed by atoms with Crippen molar-refractivity contribution in [2.24, 2.45) is 0 Å². The number of carbonyl (C=O) groups excluding carboxylic acids is 1. The van der Waals surface area contributed by atoms with E-state index in [1.54, 1.807) is 0 Å². The van der Waals surface area contributed by atoms with Crippen LogP contribution in [0.25, 0.3) is 16.0 Å². The van der Waals surface area contributed by atoms with E-state index in [-0.39, 0.29) is 18.5 Å². The van der Waals surface area contributed by atoms with E-state index in [4.69, 9.17) is 0 Å². The average Bonchev–Trinajstić information content (AvgIpc) is 3.39. The highest BCUT2D eigenvalue weighted by Gasteiger charge is 2.24. The molecule has 1 aliphatic rings. The SMILES string of the molecule is CN(C)c1nc2ncn3c(=O)n(CC(=O)NC4CCc5ccccc54)nc3c2s1. The zero-order valence-corrected chi connectivity index (χ0v) is 16.8. The highest BCUT2D eigenvalue weighted by Crippen LogP contribution is 2.31. The maximum Gasteiger partial charge on any atom is 0.352 e. The van der Waals surface area contributed by atoms with Crippen LogP contribution in [0, 0.1) is 0 Å². The fraction of sp³-hybridized carbons (Fsp3) is 0.316. The zero-order chi connectivity index (χ0) is 20.1. The number of aromatic nitrogens is 5. The van der Waals surface area contributed by atoms with Crippen molar-refractivity contribution in [2.45, 2.75) is 25.4 Å². The standard InChI is InChI=1S/C19H19N7O2S/c1-24(2)18-22-16-15(29-18)17-23-26(19(28)25(17)10-20-16)9-14(27)21-13-8-7-11-5-3-4-6-12(11)13/h3-6,10,13H,7-9H2,1-2H3,(H,21,27). The molecule has 3 aromatic heterocycles. The molecule has 4 aromatic rings. The van der Waals surface area contributed by atoms with Crippen molar-refractivity contribution in [3.63, 3.8) is 0 Å². The molecule has 1 unspecified atom stereocenters. The molecule has 3 heterocycles. The summed E-state index contributed by atoms with van der Waals surface area (Å²) in [5, 5.41) is 8.20. The van der Waals surface area contributed by atoms with Crippen LogP contribution in [0.2, 0.25) is 0 Å². The van der Waals surface area contributed by atoms with Crippen LogP contribution in [0.15, 0.2) is 35.4 Å². The summed E-state index contributed by atoms with van der Waals surface area (Å²) < 4.78 is 3.26. The number of hydrogen-bond donors (Lipinski definition) is 1. The fourth-order valence-electron chi connectivity index (χ4n) is 3.70. The Morgan fingerprint density at radius 2 is 2.17 bits per heavy atom. The molecule has 1 atom stereocenters. The van der Waals surface area contributed by atoms with Gasteiger partial charge in [0.2, 0.25) is 5.91 Å². The van der Waals surface area contributed by atoms with Gasteiger partial charge in [-0.3, -0.25) is 4.79 Å². The number of anilines is 1. The first kappa shape index (κ1) is 17.8. The van der Waals surface area contributed by atoms with Gasteiger partial charge in [0.05, 0.1) is 6.04 Å². The molecule has 0 saturated carbocycles. The molecule has 148 valence electrons. The van der Waals surface area contributed by atoms with Crippen molar-refractivity contribution in [2.75, 3.05) is 19.0 Å². The lowest BCUT2D eigenvalue weighted by Gasteiger charge is -2.13. The molecule has 1 aromatic carbocycles. The van der Waals surface area contributed by atoms with Gasteiger partial charge in [0, 0.05) is 14.1 Å². The lowest BCUT2D eigenvalue weighted by Crippen LogP contribution is -2.34. The third-order valence-electron chi connectivity index (χ3n) is 5.11. The lowest BCUT2D eigenvalue weighted by molar-refractivity contribution is -0.122. The normalized spacial score (nSPS) is 15.7. The van der Waals surface area contributed by atoms with Crippen LogP contribution in [0.3, 0.4) is 0 Å². The Balaban J connectivity index is 1.43. The number of nitrogens with one attached hydrogen (secondary N) is 1. The number of aryl methyl sites for hydroxylation is 1. The van der Waals surface area contributed by atoms with Crippen LogP contribution >= 0.6 is 11.3 Å². The monoisotopic (exact) mass is 409 g/mol. The van der Waals surface area contributed by atoms with Gasteiger partial charge in [0.1, 0.15) is 17.6 Å². The minimum atomic E-state index is -0.392. The maximum atomic E-state index is 12.7. The Morgan fingerprint density at radius 1 is 1.34 bits per heavy atom. The van der Waals surface area contributed by atoms with Gasteiger partial charge in [-0.05, 0) is 24.0 Å². The van der Waals surface area contributed by atoms with Crippen LogP contribution in [-0.4, -0.2) is 44.2 Å². The van der Waals surface area contributed by atoms with Gasteiger partial charge in [-0.15, -0.1) is 5.10 Å². The number of hydrogen-bond acceptors (Lipinski definition) is 7. The highest BCUT2D eigenvalue weighted by molar-refractivity contribution is 7.22. The topological polar surface area (TPSA) is 97.4 Å². The molecule has 1 amide bonds. The summed E-state index contributed by atoms with van der Waals surface area (Å²) in [7, 11) is 3.79. The molecule has 1 N–H and O–H groups in total. The first-order valence-corrected chi connectivity index (χ1v) is 10.1. The molecule has 0 spiro atoms. The first-order chi connectivity index (χ1) is 14.0. The second kappa shape index (κ2) is 6.66. The van der Waals surface area contributed by atoms with Gasteiger partial charge in [-0.2, -0.15) is 4.98 Å². The third kappa shape index (κ3) is 2.96. The molecule has 5 rings (SSSR count). The average molecular weight is 409 g/mol. The summed E-state index contributed by atoms with van der Waals surface area (Å²) >= 11 is 1.41. The fourth-order valence-corrected chi connectivity index (χ4v) is 4.62. The number of benzene rings is 1. The van der Waals surface area contributed by atoms with E-state index in [1.807, 2.05) is 37.2 Å². The predicted octanol–water partition coefficient (Wildman–Crippen LogP) is 1.37. The van der Waals surface area contributed by atoms with Crippen molar-refractivity contribution >= 4 is 38.4 Å². The number of amides is 1. The molecule has 29 heavy (non-hydrogen) atoms. The van der Waals surface area contributed by atoms with Gasteiger partial charge in [-0.25, -0.2) is 18.9 Å². The summed E-state index contributed by atoms with van der Waals surface area (Å²) in [6.45, 7) is -0.139. The summed E-state index contributed by atoms with van der Waals surface area (Å²) in [5.41, 5.74) is 3.02. The van der Waals surface area contributed by atoms with Gasteiger partial charge in [0.25, 0.3) is 0 Å². The number of fused-ring (bicyclic) bond motifs is 4. The molecule has 10 heteroatoms. The lowest BCUT2D eigenvalue weighted by atomic mass is 10.1. The molecule has 1 aliphatic carbocycles. The van der Waals surface area contributed by atoms with Crippen LogP contribution in [0.1, 0.15) is 23.6 Å². The largest absolute Gasteiger partial charge is 0.354 e. The molecule has 0 radical (unpaired) electrons. The minimum absolute atomic E-state index is 0.0241. The van der Waals surface area contributed by atoms with Crippen molar-refractivity contribution in [3.8, 4) is 0 Å². The molecule has 0 aliphatic heterocycles. The van der Waals surface area contributed by atoms with E-state index < -0.39 is 5.69 Å². The Bertz CT molecular complexity index is 1300. The number of rotatable bonds is 4. The smallest absolute Gasteiger partial charge is 0.352 e. The summed E-state index contributed by atoms with van der Waals surface area (Å²) in [6.07, 6.45) is 3.22. The maximum absolute atomic E-state index is 12.7. The van der Waals surface area contributed by atoms with Crippen LogP contribution in [-0.2, 0) is 17.8 Å². The summed E-state index contributed by atoms with van der Waals surface area (Å²) in [5.74, 6) is -0.236. The molecular formula is C19H19N7O2S. The Labute approximate surface area is 169 Å². The van der Waals surface area contributed by atoms with E-state index in [9.17, 15) is 9.59 Å². The zero-order valence-electron chi connectivity index (χ0n) is 16.0. The van der Waals surface area contributed by atoms with E-state index in [1.165, 1.54) is 32.3 Å². The molecule has 0 saturated heterocycles. The summed E-state index contributed by atoms with van der Waals surface area (Å²) in [4.78, 5) is 35.9. The van der Waals surface area contributed by atoms with Gasteiger partial charge in [-0.1, -0.05) is 35.6 Å². The van der Waals surface area contributed by atoms with E-state index in [0.717, 1.165) is 28.2 Å². The van der Waals surface area contributed by atoms with Gasteiger partial charge < -0.3 is 10.2 Å². The second-order valence-electron chi connectivity index (χ2n) is 7.28. The van der Waals surface area contributed by atoms with Crippen molar-refractivity contribution < 1.29 is 4.79 Å². The van der Waals surface area contributed by atoms with Gasteiger partial charge in [0.15, 0.2) is 16.4 Å².